The van der Waals surface area contributed by atoms with E-state index < -0.39 is 11.6 Å². The Bertz CT molecular complexity index is 1340. The van der Waals surface area contributed by atoms with E-state index in [4.69, 9.17) is 4.42 Å². The molecule has 0 aliphatic carbocycles. The Hall–Kier alpha value is -3.68. The molecule has 2 aromatic heterocycles. The number of piperidine rings is 1. The summed E-state index contributed by atoms with van der Waals surface area (Å²) in [6.07, 6.45) is 5.74. The Kier molecular flexibility index (Phi) is 5.36. The smallest absolute Gasteiger partial charge is 0.200 e. The number of nitrogens with zero attached hydrogens (tertiary/aromatic N) is 4. The molecule has 0 unspecified atom stereocenters. The van der Waals surface area contributed by atoms with Crippen molar-refractivity contribution in [2.45, 2.75) is 38.6 Å². The van der Waals surface area contributed by atoms with Crippen LogP contribution in [0.15, 0.2) is 47.1 Å². The van der Waals surface area contributed by atoms with Gasteiger partial charge in [0.15, 0.2) is 23.5 Å². The number of aldehydes is 1. The van der Waals surface area contributed by atoms with Gasteiger partial charge >= 0.3 is 0 Å². The maximum absolute atomic E-state index is 14.2. The van der Waals surface area contributed by atoms with Crippen LogP contribution >= 0.6 is 0 Å². The molecular formula is C25H22F2N4O2. The zero-order valence-corrected chi connectivity index (χ0v) is 18.3. The van der Waals surface area contributed by atoms with Gasteiger partial charge in [0.05, 0.1) is 11.5 Å². The van der Waals surface area contributed by atoms with Gasteiger partial charge in [-0.05, 0) is 50.5 Å². The van der Waals surface area contributed by atoms with Crippen LogP contribution in [0.2, 0.25) is 0 Å². The van der Waals surface area contributed by atoms with Crippen LogP contribution in [-0.4, -0.2) is 33.8 Å². The zero-order chi connectivity index (χ0) is 23.1. The molecule has 2 atom stereocenters. The highest BCUT2D eigenvalue weighted by molar-refractivity contribution is 5.93. The monoisotopic (exact) mass is 448 g/mol. The second-order valence-corrected chi connectivity index (χ2v) is 8.50. The van der Waals surface area contributed by atoms with E-state index in [0.29, 0.717) is 29.4 Å². The van der Waals surface area contributed by atoms with Gasteiger partial charge in [-0.2, -0.15) is 0 Å². The zero-order valence-electron chi connectivity index (χ0n) is 18.3. The first-order valence-corrected chi connectivity index (χ1v) is 10.8. The van der Waals surface area contributed by atoms with Crippen molar-refractivity contribution in [2.24, 2.45) is 0 Å². The Balaban J connectivity index is 1.58. The average molecular weight is 448 g/mol. The lowest BCUT2D eigenvalue weighted by Crippen LogP contribution is -2.41. The van der Waals surface area contributed by atoms with Crippen LogP contribution < -0.4 is 4.90 Å². The summed E-state index contributed by atoms with van der Waals surface area (Å²) >= 11 is 0. The number of benzene rings is 2. The molecule has 0 saturated carbocycles. The van der Waals surface area contributed by atoms with Gasteiger partial charge in [-0.3, -0.25) is 4.79 Å². The van der Waals surface area contributed by atoms with E-state index in [9.17, 15) is 13.6 Å². The molecule has 2 aromatic carbocycles. The molecule has 5 rings (SSSR count). The fraction of sp³-hybridized carbons (Fsp3) is 0.280. The topological polar surface area (TPSA) is 72.1 Å². The van der Waals surface area contributed by atoms with Crippen LogP contribution in [0.5, 0.6) is 0 Å². The van der Waals surface area contributed by atoms with Crippen LogP contribution in [0.3, 0.4) is 0 Å². The highest BCUT2D eigenvalue weighted by Crippen LogP contribution is 2.40. The number of halogens is 2. The SMILES string of the molecule is Cc1cc(C=O)c(-c2ncccn2)c(N2C[C@H](c3nc4cc(F)cc(F)c4o3)CC[C@H]2C)c1. The molecule has 1 aliphatic heterocycles. The van der Waals surface area contributed by atoms with Gasteiger partial charge in [0, 0.05) is 48.4 Å². The normalized spacial score (nSPS) is 18.6. The summed E-state index contributed by atoms with van der Waals surface area (Å²) in [7, 11) is 0. The van der Waals surface area contributed by atoms with Gasteiger partial charge in [-0.15, -0.1) is 0 Å². The highest BCUT2D eigenvalue weighted by atomic mass is 19.1. The first kappa shape index (κ1) is 21.2. The second kappa shape index (κ2) is 8.35. The maximum Gasteiger partial charge on any atom is 0.200 e. The summed E-state index contributed by atoms with van der Waals surface area (Å²) < 4.78 is 33.5. The number of rotatable bonds is 4. The Morgan fingerprint density at radius 3 is 2.67 bits per heavy atom. The van der Waals surface area contributed by atoms with E-state index in [1.54, 1.807) is 18.5 Å². The fourth-order valence-electron chi connectivity index (χ4n) is 4.58. The first-order valence-electron chi connectivity index (χ1n) is 10.8. The molecule has 0 radical (unpaired) electrons. The van der Waals surface area contributed by atoms with E-state index in [-0.39, 0.29) is 23.1 Å². The van der Waals surface area contributed by atoms with Crippen LogP contribution in [0, 0.1) is 18.6 Å². The van der Waals surface area contributed by atoms with E-state index >= 15 is 0 Å². The van der Waals surface area contributed by atoms with Gasteiger partial charge in [-0.1, -0.05) is 0 Å². The molecule has 1 aliphatic rings. The van der Waals surface area contributed by atoms with Crippen molar-refractivity contribution in [1.82, 2.24) is 15.0 Å². The molecule has 1 saturated heterocycles. The summed E-state index contributed by atoms with van der Waals surface area (Å²) in [6.45, 7) is 4.60. The lowest BCUT2D eigenvalue weighted by atomic mass is 9.91. The lowest BCUT2D eigenvalue weighted by molar-refractivity contribution is 0.112. The van der Waals surface area contributed by atoms with Crippen LogP contribution in [0.1, 0.15) is 47.5 Å². The third-order valence-electron chi connectivity index (χ3n) is 6.18. The van der Waals surface area contributed by atoms with Crippen molar-refractivity contribution >= 4 is 23.1 Å². The van der Waals surface area contributed by atoms with Crippen LogP contribution in [-0.2, 0) is 0 Å². The Morgan fingerprint density at radius 1 is 1.12 bits per heavy atom. The van der Waals surface area contributed by atoms with E-state index in [1.807, 2.05) is 19.1 Å². The van der Waals surface area contributed by atoms with Crippen molar-refractivity contribution in [3.63, 3.8) is 0 Å². The van der Waals surface area contributed by atoms with Crippen LogP contribution in [0.4, 0.5) is 14.5 Å². The molecule has 168 valence electrons. The van der Waals surface area contributed by atoms with Crippen molar-refractivity contribution in [2.75, 3.05) is 11.4 Å². The number of aryl methyl sites for hydroxylation is 1. The third-order valence-corrected chi connectivity index (χ3v) is 6.18. The second-order valence-electron chi connectivity index (χ2n) is 8.50. The van der Waals surface area contributed by atoms with Gasteiger partial charge in [0.2, 0.25) is 5.89 Å². The summed E-state index contributed by atoms with van der Waals surface area (Å²) in [5.74, 6) is -0.716. The number of anilines is 1. The summed E-state index contributed by atoms with van der Waals surface area (Å²) in [6, 6.07) is 7.73. The average Bonchev–Trinajstić information content (AvgIpc) is 3.24. The van der Waals surface area contributed by atoms with E-state index in [0.717, 1.165) is 36.4 Å². The predicted octanol–water partition coefficient (Wildman–Crippen LogP) is 5.46. The number of fused-ring (bicyclic) bond motifs is 1. The number of hydrogen-bond donors (Lipinski definition) is 0. The van der Waals surface area contributed by atoms with Gasteiger partial charge in [0.25, 0.3) is 0 Å². The quantitative estimate of drug-likeness (QED) is 0.386. The predicted molar refractivity (Wildman–Crippen MR) is 120 cm³/mol. The molecule has 4 aromatic rings. The number of aromatic nitrogens is 3. The lowest BCUT2D eigenvalue weighted by Gasteiger charge is -2.40. The van der Waals surface area contributed by atoms with Crippen molar-refractivity contribution in [3.8, 4) is 11.4 Å². The maximum atomic E-state index is 14.2. The van der Waals surface area contributed by atoms with Crippen molar-refractivity contribution in [3.05, 3.63) is 71.4 Å². The standard InChI is InChI=1S/C25H22F2N4O2/c1-14-8-17(13-32)22(24-28-6-3-7-29-24)21(9-14)31-12-16(5-4-15(31)2)25-30-20-11-18(26)10-19(27)23(20)33-25/h3,6-11,13,15-16H,4-5,12H2,1-2H3/t15-,16-/m1/s1. The van der Waals surface area contributed by atoms with Crippen molar-refractivity contribution in [1.29, 1.82) is 0 Å². The molecule has 1 fully saturated rings. The van der Waals surface area contributed by atoms with Crippen molar-refractivity contribution < 1.29 is 18.0 Å². The largest absolute Gasteiger partial charge is 0.437 e. The Labute approximate surface area is 189 Å². The molecule has 0 amide bonds. The van der Waals surface area contributed by atoms with Crippen LogP contribution in [0.25, 0.3) is 22.5 Å². The summed E-state index contributed by atoms with van der Waals surface area (Å²) in [4.78, 5) is 27.3. The number of carbonyl (C=O) groups is 1. The minimum Gasteiger partial charge on any atom is -0.437 e. The molecule has 33 heavy (non-hydrogen) atoms. The summed E-state index contributed by atoms with van der Waals surface area (Å²) in [5.41, 5.74) is 3.13. The first-order chi connectivity index (χ1) is 15.9. The number of hydrogen-bond acceptors (Lipinski definition) is 6. The molecule has 0 bridgehead atoms. The number of carbonyl (C=O) groups excluding carboxylic acids is 1. The fourth-order valence-corrected chi connectivity index (χ4v) is 4.58. The Morgan fingerprint density at radius 2 is 1.91 bits per heavy atom. The third kappa shape index (κ3) is 3.86. The molecule has 6 nitrogen and oxygen atoms in total. The molecule has 0 spiro atoms. The molecule has 0 N–H and O–H groups in total. The highest BCUT2D eigenvalue weighted by Gasteiger charge is 2.32. The van der Waals surface area contributed by atoms with Gasteiger partial charge < -0.3 is 9.32 Å². The van der Waals surface area contributed by atoms with Gasteiger partial charge in [0.1, 0.15) is 11.3 Å². The van der Waals surface area contributed by atoms with E-state index in [2.05, 4.69) is 26.8 Å². The summed E-state index contributed by atoms with van der Waals surface area (Å²) in [5, 5.41) is 0. The molecule has 8 heteroatoms. The number of oxazole rings is 1. The minimum atomic E-state index is -0.761. The van der Waals surface area contributed by atoms with Gasteiger partial charge in [-0.25, -0.2) is 23.7 Å². The molecular weight excluding hydrogens is 426 g/mol. The van der Waals surface area contributed by atoms with E-state index in [1.165, 1.54) is 6.07 Å². The minimum absolute atomic E-state index is 0.0336. The molecule has 3 heterocycles.